The van der Waals surface area contributed by atoms with Crippen molar-refractivity contribution in [2.24, 2.45) is 5.41 Å². The van der Waals surface area contributed by atoms with E-state index < -0.39 is 5.41 Å². The van der Waals surface area contributed by atoms with Crippen LogP contribution in [0, 0.1) is 5.41 Å². The molecule has 0 saturated carbocycles. The van der Waals surface area contributed by atoms with Gasteiger partial charge in [-0.25, -0.2) is 0 Å². The third-order valence-electron chi connectivity index (χ3n) is 4.39. The molecule has 96 valence electrons. The summed E-state index contributed by atoms with van der Waals surface area (Å²) in [6, 6.07) is 0.546. The second-order valence-electron chi connectivity index (χ2n) is 5.51. The zero-order valence-electron chi connectivity index (χ0n) is 10.1. The third kappa shape index (κ3) is 1.77. The summed E-state index contributed by atoms with van der Waals surface area (Å²) in [5.74, 6) is 0.0952. The molecule has 1 N–H and O–H groups in total. The van der Waals surface area contributed by atoms with Gasteiger partial charge in [-0.15, -0.1) is 0 Å². The molecule has 0 bridgehead atoms. The van der Waals surface area contributed by atoms with Crippen LogP contribution in [-0.2, 0) is 9.53 Å². The van der Waals surface area contributed by atoms with Crippen molar-refractivity contribution in [3.63, 3.8) is 0 Å². The van der Waals surface area contributed by atoms with E-state index in [4.69, 9.17) is 4.74 Å². The Hall–Kier alpha value is -0.650. The first-order valence-electron chi connectivity index (χ1n) is 6.47. The Kier molecular flexibility index (Phi) is 2.84. The van der Waals surface area contributed by atoms with Crippen molar-refractivity contribution in [3.8, 4) is 0 Å². The minimum atomic E-state index is -0.624. The van der Waals surface area contributed by atoms with Crippen LogP contribution in [0.1, 0.15) is 12.8 Å². The lowest BCUT2D eigenvalue weighted by Crippen LogP contribution is -2.61. The smallest absolute Gasteiger partial charge is 0.235 e. The Morgan fingerprint density at radius 2 is 2.18 bits per heavy atom. The zero-order valence-corrected chi connectivity index (χ0v) is 10.1. The number of carbonyl (C=O) groups excluding carboxylic acids is 1. The van der Waals surface area contributed by atoms with Gasteiger partial charge in [-0.1, -0.05) is 0 Å². The molecular weight excluding hydrogens is 220 g/mol. The number of piperazine rings is 1. The number of hydrogen-bond acceptors (Lipinski definition) is 4. The standard InChI is InChI=1S/C12H20N2O3/c15-7-12(8-17-9-12)11(16)14-5-4-13-3-1-2-10(13)6-14/h10,15H,1-9H2. The molecule has 0 spiro atoms. The van der Waals surface area contributed by atoms with Gasteiger partial charge in [-0.3, -0.25) is 9.69 Å². The fraction of sp³-hybridized carbons (Fsp3) is 0.917. The Morgan fingerprint density at radius 3 is 2.82 bits per heavy atom. The normalized spacial score (nSPS) is 32.1. The van der Waals surface area contributed by atoms with E-state index in [1.807, 2.05) is 4.90 Å². The molecule has 3 saturated heterocycles. The molecule has 3 aliphatic rings. The van der Waals surface area contributed by atoms with E-state index in [0.29, 0.717) is 19.3 Å². The Balaban J connectivity index is 1.66. The van der Waals surface area contributed by atoms with Gasteiger partial charge in [0.2, 0.25) is 5.91 Å². The summed E-state index contributed by atoms with van der Waals surface area (Å²) in [5.41, 5.74) is -0.624. The topological polar surface area (TPSA) is 53.0 Å². The van der Waals surface area contributed by atoms with Crippen molar-refractivity contribution in [1.82, 2.24) is 9.80 Å². The predicted molar refractivity (Wildman–Crippen MR) is 61.5 cm³/mol. The van der Waals surface area contributed by atoms with Crippen LogP contribution in [0.2, 0.25) is 0 Å². The summed E-state index contributed by atoms with van der Waals surface area (Å²) in [5, 5.41) is 9.39. The van der Waals surface area contributed by atoms with Gasteiger partial charge in [0.1, 0.15) is 5.41 Å². The van der Waals surface area contributed by atoms with E-state index in [1.54, 1.807) is 0 Å². The van der Waals surface area contributed by atoms with Crippen LogP contribution in [0.5, 0.6) is 0 Å². The van der Waals surface area contributed by atoms with Gasteiger partial charge in [0.05, 0.1) is 19.8 Å². The van der Waals surface area contributed by atoms with E-state index in [0.717, 1.165) is 19.6 Å². The number of hydrogen-bond donors (Lipinski definition) is 1. The van der Waals surface area contributed by atoms with Gasteiger partial charge < -0.3 is 14.7 Å². The van der Waals surface area contributed by atoms with Gasteiger partial charge in [0.25, 0.3) is 0 Å². The molecular formula is C12H20N2O3. The highest BCUT2D eigenvalue weighted by Gasteiger charge is 2.48. The quantitative estimate of drug-likeness (QED) is 0.693. The van der Waals surface area contributed by atoms with Crippen LogP contribution in [0.3, 0.4) is 0 Å². The van der Waals surface area contributed by atoms with Crippen LogP contribution < -0.4 is 0 Å². The first-order chi connectivity index (χ1) is 8.25. The minimum absolute atomic E-state index is 0.0866. The van der Waals surface area contributed by atoms with Crippen molar-refractivity contribution in [2.45, 2.75) is 18.9 Å². The second kappa shape index (κ2) is 4.23. The maximum Gasteiger partial charge on any atom is 0.235 e. The Labute approximate surface area is 101 Å². The Bertz CT molecular complexity index is 311. The number of aliphatic hydroxyl groups excluding tert-OH is 1. The van der Waals surface area contributed by atoms with Crippen LogP contribution in [0.15, 0.2) is 0 Å². The fourth-order valence-electron chi connectivity index (χ4n) is 3.14. The number of amides is 1. The lowest BCUT2D eigenvalue weighted by Gasteiger charge is -2.45. The number of aliphatic hydroxyl groups is 1. The molecule has 1 unspecified atom stereocenters. The van der Waals surface area contributed by atoms with Crippen molar-refractivity contribution >= 4 is 5.91 Å². The van der Waals surface area contributed by atoms with E-state index in [-0.39, 0.29) is 12.5 Å². The molecule has 17 heavy (non-hydrogen) atoms. The number of rotatable bonds is 2. The molecule has 5 heteroatoms. The molecule has 3 aliphatic heterocycles. The molecule has 0 aromatic carbocycles. The summed E-state index contributed by atoms with van der Waals surface area (Å²) in [4.78, 5) is 16.8. The van der Waals surface area contributed by atoms with Gasteiger partial charge >= 0.3 is 0 Å². The average Bonchev–Trinajstić information content (AvgIpc) is 2.74. The average molecular weight is 240 g/mol. The molecule has 1 atom stereocenters. The van der Waals surface area contributed by atoms with E-state index in [1.165, 1.54) is 19.4 Å². The summed E-state index contributed by atoms with van der Waals surface area (Å²) in [6.45, 7) is 4.48. The summed E-state index contributed by atoms with van der Waals surface area (Å²) in [6.07, 6.45) is 2.45. The van der Waals surface area contributed by atoms with Gasteiger partial charge in [0.15, 0.2) is 0 Å². The molecule has 3 heterocycles. The number of ether oxygens (including phenoxy) is 1. The highest BCUT2D eigenvalue weighted by Crippen LogP contribution is 2.31. The van der Waals surface area contributed by atoms with E-state index in [9.17, 15) is 9.90 Å². The Morgan fingerprint density at radius 1 is 1.35 bits per heavy atom. The molecule has 5 nitrogen and oxygen atoms in total. The highest BCUT2D eigenvalue weighted by atomic mass is 16.5. The summed E-state index contributed by atoms with van der Waals surface area (Å²) in [7, 11) is 0. The highest BCUT2D eigenvalue weighted by molar-refractivity contribution is 5.84. The van der Waals surface area contributed by atoms with Crippen LogP contribution >= 0.6 is 0 Å². The number of nitrogens with zero attached hydrogens (tertiary/aromatic N) is 2. The number of carbonyl (C=O) groups is 1. The lowest BCUT2D eigenvalue weighted by atomic mass is 9.85. The van der Waals surface area contributed by atoms with E-state index in [2.05, 4.69) is 4.90 Å². The lowest BCUT2D eigenvalue weighted by molar-refractivity contribution is -0.182. The van der Waals surface area contributed by atoms with Crippen LogP contribution in [0.4, 0.5) is 0 Å². The molecule has 3 fully saturated rings. The first-order valence-corrected chi connectivity index (χ1v) is 6.47. The molecule has 0 aromatic rings. The summed E-state index contributed by atoms with van der Waals surface area (Å²) >= 11 is 0. The van der Waals surface area contributed by atoms with Crippen molar-refractivity contribution in [2.75, 3.05) is 46.0 Å². The zero-order chi connectivity index (χ0) is 11.9. The van der Waals surface area contributed by atoms with E-state index >= 15 is 0 Å². The monoisotopic (exact) mass is 240 g/mol. The minimum Gasteiger partial charge on any atom is -0.395 e. The largest absolute Gasteiger partial charge is 0.395 e. The van der Waals surface area contributed by atoms with Crippen molar-refractivity contribution < 1.29 is 14.6 Å². The predicted octanol–water partition coefficient (Wildman–Crippen LogP) is -0.698. The molecule has 1 amide bonds. The fourth-order valence-corrected chi connectivity index (χ4v) is 3.14. The molecule has 0 radical (unpaired) electrons. The second-order valence-corrected chi connectivity index (χ2v) is 5.51. The molecule has 0 aromatic heterocycles. The number of fused-ring (bicyclic) bond motifs is 1. The van der Waals surface area contributed by atoms with Gasteiger partial charge in [0, 0.05) is 25.7 Å². The first kappa shape index (κ1) is 11.4. The SMILES string of the molecule is O=C(N1CCN2CCCC2C1)C1(CO)COC1. The molecule has 0 aliphatic carbocycles. The van der Waals surface area contributed by atoms with Gasteiger partial charge in [-0.05, 0) is 19.4 Å². The van der Waals surface area contributed by atoms with Crippen molar-refractivity contribution in [3.05, 3.63) is 0 Å². The van der Waals surface area contributed by atoms with Crippen LogP contribution in [0.25, 0.3) is 0 Å². The third-order valence-corrected chi connectivity index (χ3v) is 4.39. The van der Waals surface area contributed by atoms with Crippen molar-refractivity contribution in [1.29, 1.82) is 0 Å². The molecule has 3 rings (SSSR count). The summed E-state index contributed by atoms with van der Waals surface area (Å²) < 4.78 is 5.11. The van der Waals surface area contributed by atoms with Gasteiger partial charge in [-0.2, -0.15) is 0 Å². The maximum absolute atomic E-state index is 12.4. The maximum atomic E-state index is 12.4. The van der Waals surface area contributed by atoms with Crippen LogP contribution in [-0.4, -0.2) is 72.9 Å².